The van der Waals surface area contributed by atoms with Gasteiger partial charge in [-0.25, -0.2) is 0 Å². The summed E-state index contributed by atoms with van der Waals surface area (Å²) in [6.07, 6.45) is 7.70. The molecule has 0 heterocycles. The Kier molecular flexibility index (Phi) is 5.52. The van der Waals surface area contributed by atoms with E-state index in [9.17, 15) is 0 Å². The van der Waals surface area contributed by atoms with Gasteiger partial charge in [0.05, 0.1) is 23.7 Å². The Labute approximate surface area is 130 Å². The molecule has 1 aliphatic carbocycles. The van der Waals surface area contributed by atoms with Gasteiger partial charge in [-0.3, -0.25) is 0 Å². The van der Waals surface area contributed by atoms with Gasteiger partial charge >= 0.3 is 0 Å². The second-order valence-corrected chi connectivity index (χ2v) is 5.60. The second-order valence-electron chi connectivity index (χ2n) is 5.37. The summed E-state index contributed by atoms with van der Waals surface area (Å²) in [7, 11) is 5.69. The molecule has 0 aromatic heterocycles. The van der Waals surface area contributed by atoms with Crippen molar-refractivity contribution >= 4 is 9.47 Å². The quantitative estimate of drug-likeness (QED) is 0.469. The summed E-state index contributed by atoms with van der Waals surface area (Å²) in [4.78, 5) is 0. The van der Waals surface area contributed by atoms with Crippen LogP contribution in [0.25, 0.3) is 0 Å². The third kappa shape index (κ3) is 3.03. The molecule has 0 spiro atoms. The SMILES string of the molecule is CC/C=C1\CCc2c(C)c(OC)c(OC)c(OP)c2CC1. The van der Waals surface area contributed by atoms with Crippen LogP contribution in [-0.4, -0.2) is 14.2 Å². The van der Waals surface area contributed by atoms with E-state index in [1.54, 1.807) is 19.8 Å². The average molecular weight is 308 g/mol. The number of hydrogen-bond donors (Lipinski definition) is 0. The van der Waals surface area contributed by atoms with Crippen molar-refractivity contribution in [3.05, 3.63) is 28.3 Å². The molecule has 1 aliphatic rings. The van der Waals surface area contributed by atoms with Gasteiger partial charge in [0, 0.05) is 5.56 Å². The van der Waals surface area contributed by atoms with Crippen LogP contribution in [0.15, 0.2) is 11.6 Å². The molecule has 1 atom stereocenters. The van der Waals surface area contributed by atoms with Gasteiger partial charge in [-0.2, -0.15) is 0 Å². The molecule has 0 aliphatic heterocycles. The van der Waals surface area contributed by atoms with Crippen LogP contribution in [0.5, 0.6) is 17.2 Å². The van der Waals surface area contributed by atoms with Crippen LogP contribution < -0.4 is 14.0 Å². The summed E-state index contributed by atoms with van der Waals surface area (Å²) in [5.74, 6) is 2.29. The molecular formula is C17H25O3P. The van der Waals surface area contributed by atoms with E-state index in [1.165, 1.54) is 16.7 Å². The largest absolute Gasteiger partial charge is 0.492 e. The van der Waals surface area contributed by atoms with Gasteiger partial charge < -0.3 is 14.0 Å². The zero-order valence-corrected chi connectivity index (χ0v) is 14.6. The minimum Gasteiger partial charge on any atom is -0.492 e. The number of fused-ring (bicyclic) bond motifs is 1. The molecule has 0 bridgehead atoms. The highest BCUT2D eigenvalue weighted by Gasteiger charge is 2.25. The van der Waals surface area contributed by atoms with Crippen LogP contribution in [0.1, 0.15) is 42.9 Å². The fourth-order valence-corrected chi connectivity index (χ4v) is 3.51. The molecule has 1 aromatic rings. The number of rotatable bonds is 4. The van der Waals surface area contributed by atoms with E-state index >= 15 is 0 Å². The van der Waals surface area contributed by atoms with Crippen LogP contribution >= 0.6 is 9.47 Å². The van der Waals surface area contributed by atoms with E-state index in [0.29, 0.717) is 5.75 Å². The van der Waals surface area contributed by atoms with Crippen molar-refractivity contribution in [3.8, 4) is 17.2 Å². The molecule has 1 unspecified atom stereocenters. The van der Waals surface area contributed by atoms with Crippen LogP contribution in [-0.2, 0) is 12.8 Å². The lowest BCUT2D eigenvalue weighted by Gasteiger charge is -2.21. The van der Waals surface area contributed by atoms with Gasteiger partial charge in [-0.15, -0.1) is 0 Å². The molecule has 0 radical (unpaired) electrons. The number of benzene rings is 1. The highest BCUT2D eigenvalue weighted by molar-refractivity contribution is 7.10. The minimum absolute atomic E-state index is 0.701. The van der Waals surface area contributed by atoms with E-state index in [-0.39, 0.29) is 0 Å². The van der Waals surface area contributed by atoms with Gasteiger partial charge in [0.1, 0.15) is 0 Å². The predicted molar refractivity (Wildman–Crippen MR) is 89.6 cm³/mol. The number of hydrogen-bond acceptors (Lipinski definition) is 3. The topological polar surface area (TPSA) is 27.7 Å². The molecule has 0 fully saturated rings. The molecule has 0 saturated carbocycles. The third-order valence-electron chi connectivity index (χ3n) is 4.26. The molecule has 116 valence electrons. The average Bonchev–Trinajstić information content (AvgIpc) is 2.70. The molecule has 2 rings (SSSR count). The smallest absolute Gasteiger partial charge is 0.204 e. The molecule has 0 amide bonds. The summed E-state index contributed by atoms with van der Waals surface area (Å²) in [6.45, 7) is 4.31. The molecule has 0 N–H and O–H groups in total. The van der Waals surface area contributed by atoms with Gasteiger partial charge in [-0.05, 0) is 50.2 Å². The Hall–Kier alpha value is -1.21. The van der Waals surface area contributed by atoms with E-state index < -0.39 is 0 Å². The summed E-state index contributed by atoms with van der Waals surface area (Å²) in [5.41, 5.74) is 5.33. The Morgan fingerprint density at radius 2 is 1.57 bits per heavy atom. The minimum atomic E-state index is 0.701. The van der Waals surface area contributed by atoms with Crippen molar-refractivity contribution in [1.29, 1.82) is 0 Å². The maximum atomic E-state index is 5.58. The van der Waals surface area contributed by atoms with Crippen molar-refractivity contribution in [2.75, 3.05) is 14.2 Å². The highest BCUT2D eigenvalue weighted by atomic mass is 31.0. The second kappa shape index (κ2) is 7.17. The Balaban J connectivity index is 2.58. The number of allylic oxidation sites excluding steroid dienone is 2. The van der Waals surface area contributed by atoms with E-state index in [4.69, 9.17) is 14.0 Å². The summed E-state index contributed by atoms with van der Waals surface area (Å²) in [6, 6.07) is 0. The lowest BCUT2D eigenvalue weighted by molar-refractivity contribution is 0.342. The number of methoxy groups -OCH3 is 2. The van der Waals surface area contributed by atoms with E-state index in [0.717, 1.165) is 43.6 Å². The van der Waals surface area contributed by atoms with Crippen molar-refractivity contribution in [2.24, 2.45) is 0 Å². The first-order valence-electron chi connectivity index (χ1n) is 7.48. The molecule has 3 nitrogen and oxygen atoms in total. The molecule has 0 saturated heterocycles. The number of ether oxygens (including phenoxy) is 2. The van der Waals surface area contributed by atoms with E-state index in [1.807, 2.05) is 0 Å². The maximum Gasteiger partial charge on any atom is 0.204 e. The zero-order chi connectivity index (χ0) is 15.4. The summed E-state index contributed by atoms with van der Waals surface area (Å²) >= 11 is 0. The maximum absolute atomic E-state index is 5.58. The van der Waals surface area contributed by atoms with E-state index in [2.05, 4.69) is 29.4 Å². The van der Waals surface area contributed by atoms with Crippen molar-refractivity contribution in [3.63, 3.8) is 0 Å². The Morgan fingerprint density at radius 1 is 0.952 bits per heavy atom. The lowest BCUT2D eigenvalue weighted by Crippen LogP contribution is -2.04. The van der Waals surface area contributed by atoms with Crippen LogP contribution in [0.4, 0.5) is 0 Å². The molecule has 21 heavy (non-hydrogen) atoms. The Morgan fingerprint density at radius 3 is 2.10 bits per heavy atom. The third-order valence-corrected chi connectivity index (χ3v) is 4.49. The van der Waals surface area contributed by atoms with Crippen LogP contribution in [0.3, 0.4) is 0 Å². The normalized spacial score (nSPS) is 16.3. The molecule has 4 heteroatoms. The fraction of sp³-hybridized carbons (Fsp3) is 0.529. The standard InChI is InChI=1S/C17H25O3P/c1-5-6-12-7-9-13-11(2)15(18-3)17(19-4)16(20-21)14(13)10-8-12/h6H,5,7-10,21H2,1-4H3/b12-6+. The first-order chi connectivity index (χ1) is 10.2. The lowest BCUT2D eigenvalue weighted by atomic mass is 9.95. The monoisotopic (exact) mass is 308 g/mol. The molecule has 1 aromatic carbocycles. The van der Waals surface area contributed by atoms with Crippen molar-refractivity contribution in [1.82, 2.24) is 0 Å². The zero-order valence-electron chi connectivity index (χ0n) is 13.4. The van der Waals surface area contributed by atoms with Gasteiger partial charge in [-0.1, -0.05) is 18.6 Å². The summed E-state index contributed by atoms with van der Waals surface area (Å²) in [5, 5.41) is 0. The molecular weight excluding hydrogens is 283 g/mol. The predicted octanol–water partition coefficient (Wildman–Crippen LogP) is 4.40. The fourth-order valence-electron chi connectivity index (χ4n) is 3.26. The van der Waals surface area contributed by atoms with Crippen LogP contribution in [0.2, 0.25) is 0 Å². The van der Waals surface area contributed by atoms with Crippen LogP contribution in [0, 0.1) is 6.92 Å². The summed E-state index contributed by atoms with van der Waals surface area (Å²) < 4.78 is 16.7. The van der Waals surface area contributed by atoms with Gasteiger partial charge in [0.25, 0.3) is 0 Å². The van der Waals surface area contributed by atoms with Gasteiger partial charge in [0.15, 0.2) is 11.5 Å². The van der Waals surface area contributed by atoms with Crippen molar-refractivity contribution < 1.29 is 14.0 Å². The highest BCUT2D eigenvalue weighted by Crippen LogP contribution is 2.47. The van der Waals surface area contributed by atoms with Gasteiger partial charge in [0.2, 0.25) is 5.75 Å². The van der Waals surface area contributed by atoms with Crippen molar-refractivity contribution in [2.45, 2.75) is 46.0 Å². The first kappa shape index (κ1) is 16.2. The Bertz CT molecular complexity index is 550. The first-order valence-corrected chi connectivity index (χ1v) is 7.95.